The van der Waals surface area contributed by atoms with Crippen molar-refractivity contribution in [3.05, 3.63) is 34.9 Å². The van der Waals surface area contributed by atoms with E-state index in [0.29, 0.717) is 0 Å². The Morgan fingerprint density at radius 3 is 1.50 bits per heavy atom. The number of rotatable bonds is 6. The molecule has 6 heteroatoms. The molecule has 1 aromatic carbocycles. The molecule has 1 aromatic rings. The number of Topliss-reactive ketones (excluding diaryl/α,β-unsaturated/α-hetero) is 3. The number of halogens is 3. The smallest absolute Gasteiger partial charge is 0.195 e. The van der Waals surface area contributed by atoms with E-state index in [1.165, 1.54) is 6.07 Å². The van der Waals surface area contributed by atoms with Crippen molar-refractivity contribution in [2.45, 2.75) is 0 Å². The normalized spacial score (nSPS) is 10.2. The van der Waals surface area contributed by atoms with Gasteiger partial charge in [-0.05, 0) is 0 Å². The van der Waals surface area contributed by atoms with Crippen molar-refractivity contribution >= 4 is 17.3 Å². The fourth-order valence-electron chi connectivity index (χ4n) is 1.53. The second-order valence-electron chi connectivity index (χ2n) is 3.40. The molecule has 0 atom stereocenters. The summed E-state index contributed by atoms with van der Waals surface area (Å²) in [6, 6.07) is 3.40. The molecule has 0 N–H and O–H groups in total. The minimum absolute atomic E-state index is 0.403. The number of hydrogen-bond acceptors (Lipinski definition) is 3. The van der Waals surface area contributed by atoms with Gasteiger partial charge in [-0.1, -0.05) is 18.2 Å². The lowest BCUT2D eigenvalue weighted by molar-refractivity contribution is 0.0912. The Balaban J connectivity index is 3.49. The summed E-state index contributed by atoms with van der Waals surface area (Å²) in [5.41, 5.74) is -1.36. The van der Waals surface area contributed by atoms with E-state index in [1.54, 1.807) is 0 Å². The van der Waals surface area contributed by atoms with E-state index in [9.17, 15) is 27.6 Å². The fraction of sp³-hybridized carbons (Fsp3) is 0.250. The molecular formula is C12H9F3O3. The van der Waals surface area contributed by atoms with Gasteiger partial charge in [-0.3, -0.25) is 14.4 Å². The maximum atomic E-state index is 12.4. The summed E-state index contributed by atoms with van der Waals surface area (Å²) < 4.78 is 37.0. The number of carbonyl (C=O) groups is 3. The molecule has 0 radical (unpaired) electrons. The molecule has 0 unspecified atom stereocenters. The molecule has 0 aliphatic carbocycles. The van der Waals surface area contributed by atoms with Crippen LogP contribution < -0.4 is 0 Å². The number of alkyl halides is 3. The molecule has 0 aliphatic heterocycles. The minimum Gasteiger partial charge on any atom is -0.291 e. The van der Waals surface area contributed by atoms with Gasteiger partial charge in [-0.15, -0.1) is 0 Å². The summed E-state index contributed by atoms with van der Waals surface area (Å²) in [5.74, 6) is -3.26. The highest BCUT2D eigenvalue weighted by molar-refractivity contribution is 6.16. The van der Waals surface area contributed by atoms with E-state index in [4.69, 9.17) is 0 Å². The highest BCUT2D eigenvalue weighted by Crippen LogP contribution is 2.18. The van der Waals surface area contributed by atoms with Crippen molar-refractivity contribution in [2.75, 3.05) is 20.0 Å². The van der Waals surface area contributed by atoms with Gasteiger partial charge in [-0.2, -0.15) is 0 Å². The number of hydrogen-bond donors (Lipinski definition) is 0. The van der Waals surface area contributed by atoms with Gasteiger partial charge in [0.1, 0.15) is 0 Å². The maximum Gasteiger partial charge on any atom is 0.195 e. The first kappa shape index (κ1) is 14.1. The van der Waals surface area contributed by atoms with E-state index in [2.05, 4.69) is 0 Å². The Hall–Kier alpha value is -1.98. The van der Waals surface area contributed by atoms with E-state index in [0.717, 1.165) is 12.1 Å². The van der Waals surface area contributed by atoms with Crippen LogP contribution in [0, 0.1) is 0 Å². The van der Waals surface area contributed by atoms with Crippen LogP contribution in [0.2, 0.25) is 0 Å². The lowest BCUT2D eigenvalue weighted by atomic mass is 9.93. The van der Waals surface area contributed by atoms with Crippen LogP contribution in [-0.4, -0.2) is 37.4 Å². The zero-order chi connectivity index (χ0) is 13.7. The standard InChI is InChI=1S/C12H9F3O3/c13-4-9(16)7-2-1-3-8(10(17)5-14)12(7)11(18)6-15/h1-3H,4-6H2. The van der Waals surface area contributed by atoms with Gasteiger partial charge in [0.15, 0.2) is 37.4 Å². The Labute approximate surface area is 101 Å². The Kier molecular flexibility index (Phi) is 4.76. The summed E-state index contributed by atoms with van der Waals surface area (Å²) in [5, 5.41) is 0. The van der Waals surface area contributed by atoms with E-state index in [-0.39, 0.29) is 0 Å². The Morgan fingerprint density at radius 2 is 1.17 bits per heavy atom. The number of benzene rings is 1. The van der Waals surface area contributed by atoms with Gasteiger partial charge in [0, 0.05) is 16.7 Å². The largest absolute Gasteiger partial charge is 0.291 e. The fourth-order valence-corrected chi connectivity index (χ4v) is 1.53. The lowest BCUT2D eigenvalue weighted by Crippen LogP contribution is -2.17. The monoisotopic (exact) mass is 258 g/mol. The van der Waals surface area contributed by atoms with Crippen LogP contribution in [-0.2, 0) is 0 Å². The van der Waals surface area contributed by atoms with Gasteiger partial charge < -0.3 is 0 Å². The molecule has 0 saturated carbocycles. The molecule has 0 aromatic heterocycles. The molecule has 0 bridgehead atoms. The first-order valence-corrected chi connectivity index (χ1v) is 4.97. The van der Waals surface area contributed by atoms with Crippen LogP contribution in [0.5, 0.6) is 0 Å². The molecular weight excluding hydrogens is 249 g/mol. The molecule has 0 saturated heterocycles. The van der Waals surface area contributed by atoms with Gasteiger partial charge in [0.05, 0.1) is 0 Å². The van der Waals surface area contributed by atoms with Crippen molar-refractivity contribution in [3.63, 3.8) is 0 Å². The van der Waals surface area contributed by atoms with E-state index < -0.39 is 54.1 Å². The van der Waals surface area contributed by atoms with Gasteiger partial charge in [-0.25, -0.2) is 13.2 Å². The van der Waals surface area contributed by atoms with Crippen molar-refractivity contribution in [1.29, 1.82) is 0 Å². The van der Waals surface area contributed by atoms with Crippen LogP contribution in [0.1, 0.15) is 31.1 Å². The van der Waals surface area contributed by atoms with Crippen molar-refractivity contribution < 1.29 is 27.6 Å². The predicted octanol–water partition coefficient (Wildman–Crippen LogP) is 2.14. The van der Waals surface area contributed by atoms with Crippen LogP contribution in [0.25, 0.3) is 0 Å². The zero-order valence-corrected chi connectivity index (χ0v) is 9.21. The van der Waals surface area contributed by atoms with Crippen LogP contribution >= 0.6 is 0 Å². The molecule has 0 amide bonds. The third-order valence-corrected chi connectivity index (χ3v) is 2.31. The second kappa shape index (κ2) is 6.09. The van der Waals surface area contributed by atoms with Crippen LogP contribution in [0.15, 0.2) is 18.2 Å². The van der Waals surface area contributed by atoms with Crippen LogP contribution in [0.3, 0.4) is 0 Å². The van der Waals surface area contributed by atoms with E-state index >= 15 is 0 Å². The molecule has 0 fully saturated rings. The summed E-state index contributed by atoms with van der Waals surface area (Å²) in [7, 11) is 0. The maximum absolute atomic E-state index is 12.4. The zero-order valence-electron chi connectivity index (χ0n) is 9.21. The molecule has 1 rings (SSSR count). The number of ketones is 3. The topological polar surface area (TPSA) is 51.2 Å². The highest BCUT2D eigenvalue weighted by Gasteiger charge is 2.23. The summed E-state index contributed by atoms with van der Waals surface area (Å²) >= 11 is 0. The average molecular weight is 258 g/mol. The molecule has 96 valence electrons. The van der Waals surface area contributed by atoms with Crippen molar-refractivity contribution in [2.24, 2.45) is 0 Å². The van der Waals surface area contributed by atoms with Crippen molar-refractivity contribution in [3.8, 4) is 0 Å². The Morgan fingerprint density at radius 1 is 0.778 bits per heavy atom. The molecule has 18 heavy (non-hydrogen) atoms. The third kappa shape index (κ3) is 2.64. The molecule has 0 aliphatic rings. The van der Waals surface area contributed by atoms with Gasteiger partial charge >= 0.3 is 0 Å². The minimum atomic E-state index is -1.46. The molecule has 3 nitrogen and oxygen atoms in total. The van der Waals surface area contributed by atoms with Gasteiger partial charge in [0.25, 0.3) is 0 Å². The summed E-state index contributed by atoms with van der Waals surface area (Å²) in [6.45, 7) is -4.23. The molecule has 0 spiro atoms. The van der Waals surface area contributed by atoms with Gasteiger partial charge in [0.2, 0.25) is 0 Å². The highest BCUT2D eigenvalue weighted by atomic mass is 19.1. The lowest BCUT2D eigenvalue weighted by Gasteiger charge is -2.09. The first-order valence-electron chi connectivity index (χ1n) is 4.97. The van der Waals surface area contributed by atoms with Crippen LogP contribution in [0.4, 0.5) is 13.2 Å². The van der Waals surface area contributed by atoms with E-state index in [1.807, 2.05) is 0 Å². The predicted molar refractivity (Wildman–Crippen MR) is 57.4 cm³/mol. The summed E-state index contributed by atoms with van der Waals surface area (Å²) in [6.07, 6.45) is 0. The molecule has 0 heterocycles. The third-order valence-electron chi connectivity index (χ3n) is 2.31. The SMILES string of the molecule is O=C(CF)c1cccc(C(=O)CF)c1C(=O)CF. The van der Waals surface area contributed by atoms with Crippen molar-refractivity contribution in [1.82, 2.24) is 0 Å². The quantitative estimate of drug-likeness (QED) is 0.734. The summed E-state index contributed by atoms with van der Waals surface area (Å²) in [4.78, 5) is 33.9. The first-order chi connectivity index (χ1) is 8.56. The second-order valence-corrected chi connectivity index (χ2v) is 3.40. The average Bonchev–Trinajstić information content (AvgIpc) is 2.43. The Bertz CT molecular complexity index is 463. The number of carbonyl (C=O) groups excluding carboxylic acids is 3.